The number of benzene rings is 4. The van der Waals surface area contributed by atoms with Crippen LogP contribution in [0, 0.1) is 19.3 Å². The van der Waals surface area contributed by atoms with Gasteiger partial charge in [-0.2, -0.15) is 0 Å². The van der Waals surface area contributed by atoms with E-state index in [1.165, 1.54) is 6.21 Å². The standard InChI is InChI=1S/C37H38N4O3/c1-27-22-28(2)24-29(23-27)25-34(42)41-20-18-40(19-21-41)33(26-38)36(37(43)39-32-16-10-5-11-17-32)44-35(30-12-6-3-7-13-30)31-14-8-4-9-15-31/h3-17,22-24,26,35,38H,18-21,25H2,1-2H3,(H,39,43)/b36-33-,38-26?. The molecule has 0 bridgehead atoms. The van der Waals surface area contributed by atoms with Crippen molar-refractivity contribution in [1.82, 2.24) is 9.80 Å². The van der Waals surface area contributed by atoms with E-state index in [1.54, 1.807) is 0 Å². The van der Waals surface area contributed by atoms with E-state index in [9.17, 15) is 9.59 Å². The van der Waals surface area contributed by atoms with Crippen molar-refractivity contribution in [3.8, 4) is 0 Å². The first kappa shape index (κ1) is 30.3. The molecule has 1 fully saturated rings. The zero-order valence-corrected chi connectivity index (χ0v) is 25.2. The van der Waals surface area contributed by atoms with Crippen molar-refractivity contribution >= 4 is 23.7 Å². The minimum Gasteiger partial charge on any atom is -0.473 e. The lowest BCUT2D eigenvalue weighted by molar-refractivity contribution is -0.132. The summed E-state index contributed by atoms with van der Waals surface area (Å²) in [7, 11) is 0. The summed E-state index contributed by atoms with van der Waals surface area (Å²) >= 11 is 0. The lowest BCUT2D eigenvalue weighted by Gasteiger charge is -2.37. The van der Waals surface area contributed by atoms with Crippen LogP contribution in [0.25, 0.3) is 0 Å². The third-order valence-corrected chi connectivity index (χ3v) is 7.66. The second-order valence-corrected chi connectivity index (χ2v) is 11.0. The Balaban J connectivity index is 1.42. The van der Waals surface area contributed by atoms with Crippen LogP contribution in [0.5, 0.6) is 0 Å². The Kier molecular flexibility index (Phi) is 9.87. The fraction of sp³-hybridized carbons (Fsp3) is 0.216. The van der Waals surface area contributed by atoms with Crippen molar-refractivity contribution in [3.63, 3.8) is 0 Å². The summed E-state index contributed by atoms with van der Waals surface area (Å²) in [5.74, 6) is -0.321. The molecule has 0 aliphatic carbocycles. The number of anilines is 1. The van der Waals surface area contributed by atoms with Gasteiger partial charge >= 0.3 is 0 Å². The van der Waals surface area contributed by atoms with E-state index in [4.69, 9.17) is 10.1 Å². The van der Waals surface area contributed by atoms with Crippen LogP contribution in [-0.2, 0) is 20.7 Å². The number of nitrogens with zero attached hydrogens (tertiary/aromatic N) is 2. The molecule has 0 saturated carbocycles. The summed E-state index contributed by atoms with van der Waals surface area (Å²) in [6.07, 6.45) is 0.948. The van der Waals surface area contributed by atoms with Gasteiger partial charge in [-0.25, -0.2) is 0 Å². The van der Waals surface area contributed by atoms with Gasteiger partial charge in [0, 0.05) is 38.1 Å². The number of hydrogen-bond donors (Lipinski definition) is 2. The van der Waals surface area contributed by atoms with E-state index in [1.807, 2.05) is 115 Å². The average Bonchev–Trinajstić information content (AvgIpc) is 3.04. The van der Waals surface area contributed by atoms with E-state index in [0.717, 1.165) is 27.8 Å². The summed E-state index contributed by atoms with van der Waals surface area (Å²) in [6.45, 7) is 5.98. The third kappa shape index (κ3) is 7.61. The van der Waals surface area contributed by atoms with Gasteiger partial charge in [0.15, 0.2) is 0 Å². The predicted octanol–water partition coefficient (Wildman–Crippen LogP) is 6.30. The maximum atomic E-state index is 13.9. The predicted molar refractivity (Wildman–Crippen MR) is 174 cm³/mol. The molecule has 0 radical (unpaired) electrons. The van der Waals surface area contributed by atoms with Gasteiger partial charge in [-0.3, -0.25) is 9.59 Å². The number of nitrogens with one attached hydrogen (secondary N) is 2. The lowest BCUT2D eigenvalue weighted by atomic mass is 10.0. The summed E-state index contributed by atoms with van der Waals surface area (Å²) in [5, 5.41) is 11.4. The van der Waals surface area contributed by atoms with Crippen LogP contribution in [-0.4, -0.2) is 54.0 Å². The molecular formula is C37H38N4O3. The Morgan fingerprint density at radius 1 is 0.773 bits per heavy atom. The minimum absolute atomic E-state index is 0.0524. The fourth-order valence-electron chi connectivity index (χ4n) is 5.60. The molecule has 7 nitrogen and oxygen atoms in total. The van der Waals surface area contributed by atoms with Crippen LogP contribution in [0.4, 0.5) is 5.69 Å². The molecule has 4 aromatic rings. The van der Waals surface area contributed by atoms with Crippen molar-refractivity contribution in [2.45, 2.75) is 26.4 Å². The number of piperazine rings is 1. The molecule has 4 aromatic carbocycles. The molecule has 44 heavy (non-hydrogen) atoms. The molecule has 0 atom stereocenters. The lowest BCUT2D eigenvalue weighted by Crippen LogP contribution is -2.49. The van der Waals surface area contributed by atoms with E-state index in [0.29, 0.717) is 44.0 Å². The first-order chi connectivity index (χ1) is 21.4. The number of allylic oxidation sites excluding steroid dienone is 1. The normalized spacial score (nSPS) is 13.7. The zero-order valence-electron chi connectivity index (χ0n) is 25.2. The quantitative estimate of drug-likeness (QED) is 0.130. The molecule has 0 aromatic heterocycles. The van der Waals surface area contributed by atoms with Gasteiger partial charge in [-0.1, -0.05) is 108 Å². The highest BCUT2D eigenvalue weighted by atomic mass is 16.5. The highest BCUT2D eigenvalue weighted by Crippen LogP contribution is 2.30. The molecule has 7 heteroatoms. The highest BCUT2D eigenvalue weighted by Gasteiger charge is 2.29. The third-order valence-electron chi connectivity index (χ3n) is 7.66. The number of carbonyl (C=O) groups is 2. The molecule has 2 amide bonds. The van der Waals surface area contributed by atoms with Gasteiger partial charge in [0.2, 0.25) is 11.7 Å². The smallest absolute Gasteiger partial charge is 0.293 e. The Morgan fingerprint density at radius 3 is 1.80 bits per heavy atom. The van der Waals surface area contributed by atoms with E-state index < -0.39 is 12.0 Å². The van der Waals surface area contributed by atoms with Crippen LogP contribution in [0.3, 0.4) is 0 Å². The summed E-state index contributed by atoms with van der Waals surface area (Å²) in [4.78, 5) is 30.9. The Hall–Kier alpha value is -5.17. The Labute approximate surface area is 259 Å². The maximum Gasteiger partial charge on any atom is 0.293 e. The summed E-state index contributed by atoms with van der Waals surface area (Å²) in [6, 6.07) is 34.9. The van der Waals surface area contributed by atoms with Gasteiger partial charge < -0.3 is 25.3 Å². The summed E-state index contributed by atoms with van der Waals surface area (Å²) in [5.41, 5.74) is 6.06. The molecule has 2 N–H and O–H groups in total. The van der Waals surface area contributed by atoms with Gasteiger partial charge in [0.05, 0.1) is 6.42 Å². The SMILES string of the molecule is Cc1cc(C)cc(CC(=O)N2CCN(/C(C=N)=C(\OC(c3ccccc3)c3ccccc3)C(=O)Nc3ccccc3)CC2)c1. The van der Waals surface area contributed by atoms with Gasteiger partial charge in [0.1, 0.15) is 11.8 Å². The molecule has 1 heterocycles. The van der Waals surface area contributed by atoms with Crippen LogP contribution in [0.1, 0.15) is 33.9 Å². The topological polar surface area (TPSA) is 85.7 Å². The summed E-state index contributed by atoms with van der Waals surface area (Å²) < 4.78 is 6.63. The highest BCUT2D eigenvalue weighted by molar-refractivity contribution is 6.05. The molecular weight excluding hydrogens is 548 g/mol. The van der Waals surface area contributed by atoms with Crippen molar-refractivity contribution in [2.24, 2.45) is 0 Å². The molecule has 5 rings (SSSR count). The minimum atomic E-state index is -0.579. The van der Waals surface area contributed by atoms with Crippen LogP contribution in [0.15, 0.2) is 121 Å². The number of ether oxygens (including phenoxy) is 1. The average molecular weight is 587 g/mol. The van der Waals surface area contributed by atoms with Crippen molar-refractivity contribution < 1.29 is 14.3 Å². The van der Waals surface area contributed by atoms with E-state index in [2.05, 4.69) is 23.5 Å². The van der Waals surface area contributed by atoms with Gasteiger partial charge in [-0.15, -0.1) is 0 Å². The number of carbonyl (C=O) groups excluding carboxylic acids is 2. The maximum absolute atomic E-state index is 13.9. The monoisotopic (exact) mass is 586 g/mol. The molecule has 1 aliphatic heterocycles. The van der Waals surface area contributed by atoms with Crippen molar-refractivity contribution in [3.05, 3.63) is 148 Å². The first-order valence-corrected chi connectivity index (χ1v) is 14.9. The van der Waals surface area contributed by atoms with Crippen LogP contribution >= 0.6 is 0 Å². The molecule has 1 aliphatic rings. The van der Waals surface area contributed by atoms with Crippen LogP contribution in [0.2, 0.25) is 0 Å². The van der Waals surface area contributed by atoms with Crippen LogP contribution < -0.4 is 5.32 Å². The van der Waals surface area contributed by atoms with E-state index in [-0.39, 0.29) is 11.7 Å². The van der Waals surface area contributed by atoms with Crippen molar-refractivity contribution in [2.75, 3.05) is 31.5 Å². The number of rotatable bonds is 10. The second kappa shape index (κ2) is 14.3. The van der Waals surface area contributed by atoms with Gasteiger partial charge in [-0.05, 0) is 42.7 Å². The number of amides is 2. The largest absolute Gasteiger partial charge is 0.473 e. The second-order valence-electron chi connectivity index (χ2n) is 11.0. The van der Waals surface area contributed by atoms with Gasteiger partial charge in [0.25, 0.3) is 5.91 Å². The van der Waals surface area contributed by atoms with E-state index >= 15 is 0 Å². The zero-order chi connectivity index (χ0) is 30.9. The first-order valence-electron chi connectivity index (χ1n) is 14.9. The molecule has 1 saturated heterocycles. The Morgan fingerprint density at radius 2 is 1.27 bits per heavy atom. The van der Waals surface area contributed by atoms with Crippen molar-refractivity contribution in [1.29, 1.82) is 5.41 Å². The molecule has 0 unspecified atom stereocenters. The molecule has 0 spiro atoms. The Bertz CT molecular complexity index is 1550. The number of aryl methyl sites for hydroxylation is 2. The molecule has 224 valence electrons. The number of para-hydroxylation sites is 1. The fourth-order valence-corrected chi connectivity index (χ4v) is 5.60. The number of hydrogen-bond acceptors (Lipinski definition) is 5.